The fraction of sp³-hybridized carbons (Fsp3) is 0.360. The minimum absolute atomic E-state index is 0.269. The molecule has 0 amide bonds. The molecule has 0 spiro atoms. The van der Waals surface area contributed by atoms with Crippen molar-refractivity contribution in [3.63, 3.8) is 0 Å². The lowest BCUT2D eigenvalue weighted by molar-refractivity contribution is -0.274. The van der Waals surface area contributed by atoms with Crippen molar-refractivity contribution in [2.75, 3.05) is 25.5 Å². The topological polar surface area (TPSA) is 58.5 Å². The number of unbranched alkanes of at least 4 members (excludes halogenated alkanes) is 1. The number of nitrogens with zero attached hydrogens (tertiary/aromatic N) is 2. The molecular formula is C25H29F3N4O. The van der Waals surface area contributed by atoms with Crippen LogP contribution < -0.4 is 15.4 Å². The van der Waals surface area contributed by atoms with Crippen LogP contribution in [-0.2, 0) is 0 Å². The van der Waals surface area contributed by atoms with E-state index in [1.54, 1.807) is 25.4 Å². The van der Waals surface area contributed by atoms with E-state index in [1.165, 1.54) is 17.7 Å². The molecule has 0 unspecified atom stereocenters. The summed E-state index contributed by atoms with van der Waals surface area (Å²) in [6, 6.07) is 7.63. The van der Waals surface area contributed by atoms with Crippen LogP contribution in [-0.4, -0.2) is 37.7 Å². The molecule has 33 heavy (non-hydrogen) atoms. The molecular weight excluding hydrogens is 429 g/mol. The lowest BCUT2D eigenvalue weighted by Crippen LogP contribution is -2.42. The average molecular weight is 459 g/mol. The number of aromatic nitrogens is 1. The molecule has 2 aromatic rings. The van der Waals surface area contributed by atoms with Crippen LogP contribution in [0.2, 0.25) is 0 Å². The second kappa shape index (κ2) is 11.1. The zero-order valence-corrected chi connectivity index (χ0v) is 19.0. The third-order valence-corrected chi connectivity index (χ3v) is 5.35. The summed E-state index contributed by atoms with van der Waals surface area (Å²) < 4.78 is 41.4. The van der Waals surface area contributed by atoms with Gasteiger partial charge in [-0.25, -0.2) is 4.98 Å². The average Bonchev–Trinajstić information content (AvgIpc) is 2.74. The van der Waals surface area contributed by atoms with Crippen molar-refractivity contribution in [1.29, 1.82) is 0 Å². The molecule has 176 valence electrons. The number of rotatable bonds is 9. The van der Waals surface area contributed by atoms with Crippen LogP contribution in [0.5, 0.6) is 5.75 Å². The van der Waals surface area contributed by atoms with E-state index in [9.17, 15) is 13.2 Å². The summed E-state index contributed by atoms with van der Waals surface area (Å²) in [6.45, 7) is 5.88. The van der Waals surface area contributed by atoms with Crippen LogP contribution in [0.1, 0.15) is 37.8 Å². The minimum atomic E-state index is -4.72. The SMILES string of the molecule is C/C=C(\C=NC)c1ccnc(Nc2ccc(OC(F)(F)F)cc2)c1/C(=C\CCC)C1CNC1. The largest absolute Gasteiger partial charge is 0.573 e. The van der Waals surface area contributed by atoms with Crippen LogP contribution in [0.15, 0.2) is 53.7 Å². The number of nitrogens with one attached hydrogen (secondary N) is 2. The van der Waals surface area contributed by atoms with Crippen LogP contribution in [0.25, 0.3) is 11.1 Å². The highest BCUT2D eigenvalue weighted by Crippen LogP contribution is 2.38. The number of ether oxygens (including phenoxy) is 1. The molecule has 1 aromatic heterocycles. The van der Waals surface area contributed by atoms with Crippen LogP contribution >= 0.6 is 0 Å². The summed E-state index contributed by atoms with van der Waals surface area (Å²) in [4.78, 5) is 8.81. The first-order valence-corrected chi connectivity index (χ1v) is 11.0. The molecule has 1 aliphatic heterocycles. The maximum absolute atomic E-state index is 12.5. The summed E-state index contributed by atoms with van der Waals surface area (Å²) in [5.74, 6) is 0.740. The Morgan fingerprint density at radius 1 is 1.24 bits per heavy atom. The van der Waals surface area contributed by atoms with Crippen molar-refractivity contribution in [3.8, 4) is 5.75 Å². The van der Waals surface area contributed by atoms with Gasteiger partial charge in [0.1, 0.15) is 11.6 Å². The van der Waals surface area contributed by atoms with Crippen LogP contribution in [0.3, 0.4) is 0 Å². The number of halogens is 3. The van der Waals surface area contributed by atoms with Crippen molar-refractivity contribution in [1.82, 2.24) is 10.3 Å². The van der Waals surface area contributed by atoms with E-state index in [-0.39, 0.29) is 5.75 Å². The van der Waals surface area contributed by atoms with Gasteiger partial charge in [0.25, 0.3) is 0 Å². The Morgan fingerprint density at radius 3 is 2.52 bits per heavy atom. The molecule has 0 atom stereocenters. The van der Waals surface area contributed by atoms with E-state index < -0.39 is 6.36 Å². The Hall–Kier alpha value is -3.13. The van der Waals surface area contributed by atoms with Gasteiger partial charge in [-0.1, -0.05) is 25.5 Å². The predicted octanol–water partition coefficient (Wildman–Crippen LogP) is 6.23. The van der Waals surface area contributed by atoms with Crippen molar-refractivity contribution in [2.24, 2.45) is 10.9 Å². The highest BCUT2D eigenvalue weighted by atomic mass is 19.4. The summed E-state index contributed by atoms with van der Waals surface area (Å²) in [7, 11) is 1.73. The molecule has 0 aliphatic carbocycles. The van der Waals surface area contributed by atoms with Gasteiger partial charge in [0, 0.05) is 49.7 Å². The maximum atomic E-state index is 12.5. The van der Waals surface area contributed by atoms with Gasteiger partial charge >= 0.3 is 6.36 Å². The minimum Gasteiger partial charge on any atom is -0.406 e. The molecule has 0 bridgehead atoms. The molecule has 5 nitrogen and oxygen atoms in total. The van der Waals surface area contributed by atoms with E-state index in [2.05, 4.69) is 38.3 Å². The normalized spacial score (nSPS) is 15.6. The number of allylic oxidation sites excluding steroid dienone is 3. The second-order valence-electron chi connectivity index (χ2n) is 7.71. The molecule has 8 heteroatoms. The molecule has 2 N–H and O–H groups in total. The first kappa shape index (κ1) is 24.5. The van der Waals surface area contributed by atoms with Crippen molar-refractivity contribution in [3.05, 3.63) is 59.8 Å². The Balaban J connectivity index is 2.05. The van der Waals surface area contributed by atoms with Crippen molar-refractivity contribution >= 4 is 28.9 Å². The molecule has 1 saturated heterocycles. The molecule has 3 rings (SSSR count). The zero-order valence-electron chi connectivity index (χ0n) is 19.0. The van der Waals surface area contributed by atoms with E-state index >= 15 is 0 Å². The Bertz CT molecular complexity index is 1020. The summed E-state index contributed by atoms with van der Waals surface area (Å²) in [5.41, 5.74) is 4.79. The summed E-state index contributed by atoms with van der Waals surface area (Å²) in [5, 5.41) is 6.64. The van der Waals surface area contributed by atoms with E-state index in [1.807, 2.05) is 25.3 Å². The van der Waals surface area contributed by atoms with Crippen LogP contribution in [0.4, 0.5) is 24.7 Å². The number of hydrogen-bond donors (Lipinski definition) is 2. The summed E-state index contributed by atoms with van der Waals surface area (Å²) in [6.07, 6.45) is 5.07. The van der Waals surface area contributed by atoms with Gasteiger partial charge in [-0.15, -0.1) is 13.2 Å². The molecule has 2 heterocycles. The number of benzene rings is 1. The van der Waals surface area contributed by atoms with Gasteiger partial charge in [-0.3, -0.25) is 4.99 Å². The van der Waals surface area contributed by atoms with Gasteiger partial charge < -0.3 is 15.4 Å². The third kappa shape index (κ3) is 6.44. The molecule has 0 saturated carbocycles. The quantitative estimate of drug-likeness (QED) is 0.437. The van der Waals surface area contributed by atoms with Crippen LogP contribution in [0, 0.1) is 5.92 Å². The lowest BCUT2D eigenvalue weighted by Gasteiger charge is -2.32. The lowest BCUT2D eigenvalue weighted by atomic mass is 9.83. The number of aliphatic imine (C=N–C) groups is 1. The standard InChI is InChI=1S/C25H29F3N4O/c1-4-6-7-21(18-15-30-16-18)23-22(17(5-2)14-29-3)12-13-31-24(23)32-19-8-10-20(11-9-19)33-25(26,27)28/h5,7-14,18,30H,4,6,15-16H2,1-3H3,(H,31,32)/b17-5+,21-7-,29-14?. The maximum Gasteiger partial charge on any atom is 0.573 e. The first-order valence-electron chi connectivity index (χ1n) is 11.0. The highest BCUT2D eigenvalue weighted by molar-refractivity contribution is 6.12. The zero-order chi connectivity index (χ0) is 23.8. The van der Waals surface area contributed by atoms with Gasteiger partial charge in [-0.05, 0) is 60.4 Å². The monoisotopic (exact) mass is 458 g/mol. The third-order valence-electron chi connectivity index (χ3n) is 5.35. The van der Waals surface area contributed by atoms with E-state index in [0.29, 0.717) is 17.4 Å². The van der Waals surface area contributed by atoms with Gasteiger partial charge in [0.2, 0.25) is 0 Å². The number of pyridine rings is 1. The Kier molecular flexibility index (Phi) is 8.27. The molecule has 0 radical (unpaired) electrons. The highest BCUT2D eigenvalue weighted by Gasteiger charge is 2.31. The second-order valence-corrected chi connectivity index (χ2v) is 7.71. The number of alkyl halides is 3. The summed E-state index contributed by atoms with van der Waals surface area (Å²) >= 11 is 0. The molecule has 1 fully saturated rings. The number of hydrogen-bond acceptors (Lipinski definition) is 5. The van der Waals surface area contributed by atoms with E-state index in [0.717, 1.165) is 42.6 Å². The van der Waals surface area contributed by atoms with Crippen molar-refractivity contribution < 1.29 is 17.9 Å². The fourth-order valence-corrected chi connectivity index (χ4v) is 3.69. The smallest absolute Gasteiger partial charge is 0.406 e. The predicted molar refractivity (Wildman–Crippen MR) is 128 cm³/mol. The first-order chi connectivity index (χ1) is 15.9. The molecule has 1 aromatic carbocycles. The van der Waals surface area contributed by atoms with Gasteiger partial charge in [0.05, 0.1) is 0 Å². The number of anilines is 2. The Morgan fingerprint density at radius 2 is 1.97 bits per heavy atom. The van der Waals surface area contributed by atoms with Crippen molar-refractivity contribution in [2.45, 2.75) is 33.1 Å². The van der Waals surface area contributed by atoms with Gasteiger partial charge in [0.15, 0.2) is 0 Å². The Labute approximate surface area is 192 Å². The van der Waals surface area contributed by atoms with Gasteiger partial charge in [-0.2, -0.15) is 0 Å². The molecule has 1 aliphatic rings. The van der Waals surface area contributed by atoms with E-state index in [4.69, 9.17) is 0 Å². The fourth-order valence-electron chi connectivity index (χ4n) is 3.69.